The van der Waals surface area contributed by atoms with E-state index >= 15 is 0 Å². The van der Waals surface area contributed by atoms with Crippen molar-refractivity contribution >= 4 is 10.9 Å². The molecule has 2 N–H and O–H groups in total. The first kappa shape index (κ1) is 13.5. The molecule has 2 heterocycles. The summed E-state index contributed by atoms with van der Waals surface area (Å²) < 4.78 is 5.96. The van der Waals surface area contributed by atoms with E-state index in [1.165, 1.54) is 22.9 Å². The van der Waals surface area contributed by atoms with Crippen molar-refractivity contribution in [3.8, 4) is 5.75 Å². The number of aromatic nitrogens is 1. The average Bonchev–Trinajstić information content (AvgIpc) is 2.90. The Hall–Kier alpha value is -1.48. The molecule has 1 aromatic heterocycles. The van der Waals surface area contributed by atoms with E-state index in [4.69, 9.17) is 4.74 Å². The molecule has 1 aliphatic rings. The molecule has 0 aliphatic carbocycles. The van der Waals surface area contributed by atoms with Gasteiger partial charge in [-0.15, -0.1) is 0 Å². The molecular formula is C17H24N2O. The summed E-state index contributed by atoms with van der Waals surface area (Å²) in [5, 5.41) is 4.77. The zero-order valence-electron chi connectivity index (χ0n) is 12.4. The molecule has 2 unspecified atom stereocenters. The van der Waals surface area contributed by atoms with Crippen molar-refractivity contribution < 1.29 is 4.74 Å². The van der Waals surface area contributed by atoms with Gasteiger partial charge < -0.3 is 15.0 Å². The lowest BCUT2D eigenvalue weighted by atomic mass is 9.82. The molecule has 2 aromatic rings. The number of fused-ring (bicyclic) bond motifs is 1. The van der Waals surface area contributed by atoms with Gasteiger partial charge >= 0.3 is 0 Å². The molecule has 0 bridgehead atoms. The molecule has 0 saturated carbocycles. The van der Waals surface area contributed by atoms with Crippen molar-refractivity contribution in [1.29, 1.82) is 0 Å². The van der Waals surface area contributed by atoms with Crippen LogP contribution in [-0.2, 0) is 0 Å². The standard InChI is InChI=1S/C17H24N2O/c1-3-9-20-16-6-4-5-15-17(16)14(11-19-15)13-7-8-18-10-12(13)2/h4-6,11-13,18-19H,3,7-10H2,1-2H3. The third-order valence-corrected chi connectivity index (χ3v) is 4.34. The minimum Gasteiger partial charge on any atom is -0.493 e. The van der Waals surface area contributed by atoms with Crippen LogP contribution in [0, 0.1) is 5.92 Å². The van der Waals surface area contributed by atoms with E-state index in [9.17, 15) is 0 Å². The second-order valence-electron chi connectivity index (χ2n) is 5.85. The van der Waals surface area contributed by atoms with Crippen LogP contribution in [0.15, 0.2) is 24.4 Å². The van der Waals surface area contributed by atoms with Crippen molar-refractivity contribution in [1.82, 2.24) is 10.3 Å². The van der Waals surface area contributed by atoms with Crippen LogP contribution < -0.4 is 10.1 Å². The maximum atomic E-state index is 5.96. The van der Waals surface area contributed by atoms with Crippen molar-refractivity contribution in [3.05, 3.63) is 30.0 Å². The lowest BCUT2D eigenvalue weighted by Crippen LogP contribution is -2.33. The fraction of sp³-hybridized carbons (Fsp3) is 0.529. The molecule has 0 amide bonds. The molecule has 1 fully saturated rings. The molecule has 1 aliphatic heterocycles. The van der Waals surface area contributed by atoms with Gasteiger partial charge in [0.1, 0.15) is 5.75 Å². The Morgan fingerprint density at radius 2 is 2.25 bits per heavy atom. The summed E-state index contributed by atoms with van der Waals surface area (Å²) in [4.78, 5) is 3.42. The van der Waals surface area contributed by atoms with Crippen LogP contribution in [0.1, 0.15) is 38.2 Å². The number of piperidine rings is 1. The van der Waals surface area contributed by atoms with Gasteiger partial charge in [-0.2, -0.15) is 0 Å². The topological polar surface area (TPSA) is 37.0 Å². The van der Waals surface area contributed by atoms with Crippen LogP contribution in [-0.4, -0.2) is 24.7 Å². The Labute approximate surface area is 120 Å². The molecular weight excluding hydrogens is 248 g/mol. The molecule has 3 heteroatoms. The zero-order chi connectivity index (χ0) is 13.9. The molecule has 108 valence electrons. The molecule has 20 heavy (non-hydrogen) atoms. The molecule has 3 rings (SSSR count). The number of nitrogens with one attached hydrogen (secondary N) is 2. The largest absolute Gasteiger partial charge is 0.493 e. The van der Waals surface area contributed by atoms with Crippen molar-refractivity contribution in [3.63, 3.8) is 0 Å². The highest BCUT2D eigenvalue weighted by Gasteiger charge is 2.26. The molecule has 0 spiro atoms. The van der Waals surface area contributed by atoms with Gasteiger partial charge in [-0.3, -0.25) is 0 Å². The second kappa shape index (κ2) is 5.88. The van der Waals surface area contributed by atoms with Gasteiger partial charge in [-0.25, -0.2) is 0 Å². The number of hydrogen-bond donors (Lipinski definition) is 2. The van der Waals surface area contributed by atoms with E-state index in [1.807, 2.05) is 0 Å². The van der Waals surface area contributed by atoms with Crippen LogP contribution in [0.25, 0.3) is 10.9 Å². The van der Waals surface area contributed by atoms with Crippen molar-refractivity contribution in [2.24, 2.45) is 5.92 Å². The van der Waals surface area contributed by atoms with Crippen LogP contribution in [0.5, 0.6) is 5.75 Å². The van der Waals surface area contributed by atoms with E-state index in [2.05, 4.69) is 48.5 Å². The van der Waals surface area contributed by atoms with Gasteiger partial charge in [0.25, 0.3) is 0 Å². The van der Waals surface area contributed by atoms with Gasteiger partial charge in [0.15, 0.2) is 0 Å². The van der Waals surface area contributed by atoms with Gasteiger partial charge in [0.05, 0.1) is 6.61 Å². The summed E-state index contributed by atoms with van der Waals surface area (Å²) in [6, 6.07) is 6.31. The lowest BCUT2D eigenvalue weighted by molar-refractivity contribution is 0.319. The van der Waals surface area contributed by atoms with E-state index in [1.54, 1.807) is 0 Å². The summed E-state index contributed by atoms with van der Waals surface area (Å²) in [5.74, 6) is 2.32. The number of hydrogen-bond acceptors (Lipinski definition) is 2. The second-order valence-corrected chi connectivity index (χ2v) is 5.85. The van der Waals surface area contributed by atoms with Crippen LogP contribution in [0.4, 0.5) is 0 Å². The van der Waals surface area contributed by atoms with Gasteiger partial charge in [0.2, 0.25) is 0 Å². The Kier molecular flexibility index (Phi) is 3.97. The van der Waals surface area contributed by atoms with E-state index < -0.39 is 0 Å². The monoisotopic (exact) mass is 272 g/mol. The van der Waals surface area contributed by atoms with Crippen LogP contribution in [0.2, 0.25) is 0 Å². The van der Waals surface area contributed by atoms with Crippen LogP contribution in [0.3, 0.4) is 0 Å². The molecule has 1 aromatic carbocycles. The zero-order valence-corrected chi connectivity index (χ0v) is 12.4. The van der Waals surface area contributed by atoms with Crippen LogP contribution >= 0.6 is 0 Å². The average molecular weight is 272 g/mol. The molecule has 1 saturated heterocycles. The highest BCUT2D eigenvalue weighted by molar-refractivity contribution is 5.89. The SMILES string of the molecule is CCCOc1cccc2[nH]cc(C3CCNCC3C)c12. The highest BCUT2D eigenvalue weighted by atomic mass is 16.5. The molecule has 0 radical (unpaired) electrons. The Morgan fingerprint density at radius 1 is 1.35 bits per heavy atom. The van der Waals surface area contributed by atoms with Gasteiger partial charge in [0, 0.05) is 17.1 Å². The maximum absolute atomic E-state index is 5.96. The predicted octanol–water partition coefficient (Wildman–Crippen LogP) is 3.67. The van der Waals surface area contributed by atoms with E-state index in [0.717, 1.165) is 31.9 Å². The predicted molar refractivity (Wildman–Crippen MR) is 83.5 cm³/mol. The lowest BCUT2D eigenvalue weighted by Gasteiger charge is -2.29. The Balaban J connectivity index is 2.01. The number of rotatable bonds is 4. The first-order valence-electron chi connectivity index (χ1n) is 7.74. The summed E-state index contributed by atoms with van der Waals surface area (Å²) in [5.41, 5.74) is 2.63. The third-order valence-electron chi connectivity index (χ3n) is 4.34. The van der Waals surface area contributed by atoms with Crippen molar-refractivity contribution in [2.45, 2.75) is 32.6 Å². The number of benzene rings is 1. The number of ether oxygens (including phenoxy) is 1. The highest BCUT2D eigenvalue weighted by Crippen LogP contribution is 2.38. The fourth-order valence-electron chi connectivity index (χ4n) is 3.28. The summed E-state index contributed by atoms with van der Waals surface area (Å²) >= 11 is 0. The molecule has 3 nitrogen and oxygen atoms in total. The van der Waals surface area contributed by atoms with E-state index in [0.29, 0.717) is 11.8 Å². The smallest absolute Gasteiger partial charge is 0.128 e. The normalized spacial score (nSPS) is 23.1. The quantitative estimate of drug-likeness (QED) is 0.891. The summed E-state index contributed by atoms with van der Waals surface area (Å²) in [6.07, 6.45) is 4.44. The minimum absolute atomic E-state index is 0.622. The number of aromatic amines is 1. The first-order chi connectivity index (χ1) is 9.81. The fourth-order valence-corrected chi connectivity index (χ4v) is 3.28. The molecule has 2 atom stereocenters. The van der Waals surface area contributed by atoms with Gasteiger partial charge in [-0.05, 0) is 55.5 Å². The maximum Gasteiger partial charge on any atom is 0.128 e. The Morgan fingerprint density at radius 3 is 3.05 bits per heavy atom. The summed E-state index contributed by atoms with van der Waals surface area (Å²) in [6.45, 7) is 7.48. The van der Waals surface area contributed by atoms with Gasteiger partial charge in [-0.1, -0.05) is 19.9 Å². The Bertz CT molecular complexity index is 575. The minimum atomic E-state index is 0.622. The van der Waals surface area contributed by atoms with E-state index in [-0.39, 0.29) is 0 Å². The first-order valence-corrected chi connectivity index (χ1v) is 7.74. The van der Waals surface area contributed by atoms with Crippen molar-refractivity contribution in [2.75, 3.05) is 19.7 Å². The third kappa shape index (κ3) is 2.42. The summed E-state index contributed by atoms with van der Waals surface area (Å²) in [7, 11) is 0. The number of H-pyrrole nitrogens is 1.